The second kappa shape index (κ2) is 4.13. The number of ether oxygens (including phenoxy) is 1. The number of benzene rings is 2. The molecule has 1 unspecified atom stereocenters. The molecule has 1 saturated heterocycles. The first kappa shape index (κ1) is 10.8. The molecule has 0 spiro atoms. The first-order valence-electron chi connectivity index (χ1n) is 6.08. The normalized spacial score (nSPS) is 24.3. The van der Waals surface area contributed by atoms with Crippen LogP contribution in [0.1, 0.15) is 18.4 Å². The first-order chi connectivity index (χ1) is 8.36. The van der Waals surface area contributed by atoms with Gasteiger partial charge in [-0.2, -0.15) is 0 Å². The van der Waals surface area contributed by atoms with Gasteiger partial charge in [-0.1, -0.05) is 42.5 Å². The molecule has 0 amide bonds. The molecule has 0 aliphatic carbocycles. The van der Waals surface area contributed by atoms with Crippen LogP contribution in [0.15, 0.2) is 42.5 Å². The van der Waals surface area contributed by atoms with Gasteiger partial charge in [0.1, 0.15) is 0 Å². The third-order valence-corrected chi connectivity index (χ3v) is 3.59. The topological polar surface area (TPSA) is 23.3 Å². The Morgan fingerprint density at radius 3 is 2.71 bits per heavy atom. The maximum atomic E-state index is 5.73. The van der Waals surface area contributed by atoms with Gasteiger partial charge in [-0.25, -0.2) is 5.32 Å². The summed E-state index contributed by atoms with van der Waals surface area (Å²) in [4.78, 5) is 0. The smallest absolute Gasteiger partial charge is 0.160 e. The largest absolute Gasteiger partial charge is 0.358 e. The maximum absolute atomic E-state index is 5.73. The molecule has 3 rings (SSSR count). The zero-order valence-corrected chi connectivity index (χ0v) is 10.0. The molecule has 1 aliphatic rings. The van der Waals surface area contributed by atoms with Crippen molar-refractivity contribution >= 4 is 10.8 Å². The lowest BCUT2D eigenvalue weighted by Crippen LogP contribution is -2.33. The highest BCUT2D eigenvalue weighted by atomic mass is 16.5. The van der Waals surface area contributed by atoms with E-state index in [2.05, 4.69) is 47.8 Å². The molecule has 1 heterocycles. The molecular weight excluding hydrogens is 210 g/mol. The molecule has 0 saturated carbocycles. The number of methoxy groups -OCH3 is 1. The van der Waals surface area contributed by atoms with Crippen LogP contribution in [0.5, 0.6) is 0 Å². The molecule has 2 aromatic rings. The summed E-state index contributed by atoms with van der Waals surface area (Å²) in [6, 6.07) is 14.8. The molecule has 0 N–H and O–H groups in total. The van der Waals surface area contributed by atoms with Crippen molar-refractivity contribution in [3.8, 4) is 0 Å². The Labute approximate surface area is 102 Å². The van der Waals surface area contributed by atoms with Crippen molar-refractivity contribution in [2.75, 3.05) is 13.7 Å². The molecule has 1 radical (unpaired) electrons. The van der Waals surface area contributed by atoms with Gasteiger partial charge >= 0.3 is 0 Å². The maximum Gasteiger partial charge on any atom is 0.160 e. The minimum atomic E-state index is -0.416. The van der Waals surface area contributed by atoms with Crippen molar-refractivity contribution in [2.24, 2.45) is 0 Å². The number of nitrogens with zero attached hydrogens (tertiary/aromatic N) is 1. The van der Waals surface area contributed by atoms with Crippen LogP contribution in [0.4, 0.5) is 0 Å². The van der Waals surface area contributed by atoms with Crippen molar-refractivity contribution in [3.05, 3.63) is 48.0 Å². The van der Waals surface area contributed by atoms with E-state index in [4.69, 9.17) is 4.74 Å². The van der Waals surface area contributed by atoms with Crippen LogP contribution in [-0.4, -0.2) is 13.7 Å². The molecule has 0 bridgehead atoms. The summed E-state index contributed by atoms with van der Waals surface area (Å²) < 4.78 is 5.73. The molecule has 87 valence electrons. The van der Waals surface area contributed by atoms with Crippen LogP contribution in [0.2, 0.25) is 0 Å². The molecule has 0 aromatic heterocycles. The molecule has 1 fully saturated rings. The van der Waals surface area contributed by atoms with Crippen LogP contribution >= 0.6 is 0 Å². The van der Waals surface area contributed by atoms with E-state index in [9.17, 15) is 0 Å². The van der Waals surface area contributed by atoms with Gasteiger partial charge in [0.15, 0.2) is 5.72 Å². The predicted octanol–water partition coefficient (Wildman–Crippen LogP) is 3.04. The van der Waals surface area contributed by atoms with Crippen LogP contribution in [0, 0.1) is 0 Å². The van der Waals surface area contributed by atoms with Gasteiger partial charge in [-0.15, -0.1) is 0 Å². The Balaban J connectivity index is 2.22. The van der Waals surface area contributed by atoms with Gasteiger partial charge in [0.05, 0.1) is 0 Å². The summed E-state index contributed by atoms with van der Waals surface area (Å²) in [5, 5.41) is 7.19. The van der Waals surface area contributed by atoms with E-state index in [-0.39, 0.29) is 0 Å². The molecule has 1 atom stereocenters. The molecule has 2 heteroatoms. The van der Waals surface area contributed by atoms with Crippen molar-refractivity contribution in [2.45, 2.75) is 18.6 Å². The highest BCUT2D eigenvalue weighted by molar-refractivity contribution is 5.86. The summed E-state index contributed by atoms with van der Waals surface area (Å²) in [5.41, 5.74) is 0.788. The Kier molecular flexibility index (Phi) is 2.61. The van der Waals surface area contributed by atoms with E-state index in [0.29, 0.717) is 0 Å². The van der Waals surface area contributed by atoms with Crippen molar-refractivity contribution < 1.29 is 4.74 Å². The Morgan fingerprint density at radius 2 is 1.94 bits per heavy atom. The summed E-state index contributed by atoms with van der Waals surface area (Å²) >= 11 is 0. The number of hydrogen-bond donors (Lipinski definition) is 0. The van der Waals surface area contributed by atoms with Crippen LogP contribution in [0.3, 0.4) is 0 Å². The van der Waals surface area contributed by atoms with E-state index in [1.54, 1.807) is 7.11 Å². The summed E-state index contributed by atoms with van der Waals surface area (Å²) in [6.45, 7) is 0.900. The third kappa shape index (κ3) is 1.65. The van der Waals surface area contributed by atoms with Gasteiger partial charge in [0.2, 0.25) is 0 Å². The molecule has 1 aliphatic heterocycles. The van der Waals surface area contributed by atoms with E-state index < -0.39 is 5.72 Å². The number of hydrogen-bond acceptors (Lipinski definition) is 1. The van der Waals surface area contributed by atoms with E-state index in [1.165, 1.54) is 16.3 Å². The SMILES string of the molecule is COC1(c2cccc3ccccc23)CCC[N]1. The lowest BCUT2D eigenvalue weighted by molar-refractivity contribution is -0.0303. The minimum absolute atomic E-state index is 0.416. The lowest BCUT2D eigenvalue weighted by Gasteiger charge is -2.28. The van der Waals surface area contributed by atoms with Crippen molar-refractivity contribution in [1.82, 2.24) is 5.32 Å². The molecular formula is C15H16NO. The van der Waals surface area contributed by atoms with E-state index in [0.717, 1.165) is 19.4 Å². The highest BCUT2D eigenvalue weighted by Crippen LogP contribution is 2.36. The van der Waals surface area contributed by atoms with Gasteiger partial charge in [-0.05, 0) is 23.6 Å². The Morgan fingerprint density at radius 1 is 1.12 bits per heavy atom. The summed E-state index contributed by atoms with van der Waals surface area (Å²) in [6.07, 6.45) is 2.09. The molecule has 17 heavy (non-hydrogen) atoms. The van der Waals surface area contributed by atoms with Crippen molar-refractivity contribution in [3.63, 3.8) is 0 Å². The van der Waals surface area contributed by atoms with Crippen LogP contribution < -0.4 is 5.32 Å². The highest BCUT2D eigenvalue weighted by Gasteiger charge is 2.37. The standard InChI is InChI=1S/C15H16NO/c1-17-15(10-5-11-16-15)14-9-4-7-12-6-2-3-8-13(12)14/h2-4,6-9H,5,10-11H2,1H3. The molecule has 2 nitrogen and oxygen atoms in total. The fraction of sp³-hybridized carbons (Fsp3) is 0.333. The zero-order chi connectivity index (χ0) is 11.7. The second-order valence-electron chi connectivity index (χ2n) is 4.50. The lowest BCUT2D eigenvalue weighted by atomic mass is 9.94. The number of rotatable bonds is 2. The number of fused-ring (bicyclic) bond motifs is 1. The quantitative estimate of drug-likeness (QED) is 0.772. The fourth-order valence-corrected chi connectivity index (χ4v) is 2.72. The minimum Gasteiger partial charge on any atom is -0.358 e. The van der Waals surface area contributed by atoms with E-state index in [1.807, 2.05) is 0 Å². The zero-order valence-electron chi connectivity index (χ0n) is 10.0. The predicted molar refractivity (Wildman–Crippen MR) is 68.9 cm³/mol. The monoisotopic (exact) mass is 226 g/mol. The summed E-state index contributed by atoms with van der Waals surface area (Å²) in [7, 11) is 1.76. The fourth-order valence-electron chi connectivity index (χ4n) is 2.72. The molecule has 2 aromatic carbocycles. The first-order valence-corrected chi connectivity index (χ1v) is 6.08. The van der Waals surface area contributed by atoms with Crippen LogP contribution in [-0.2, 0) is 10.5 Å². The van der Waals surface area contributed by atoms with Gasteiger partial charge < -0.3 is 4.74 Å². The van der Waals surface area contributed by atoms with Gasteiger partial charge in [0.25, 0.3) is 0 Å². The van der Waals surface area contributed by atoms with Crippen LogP contribution in [0.25, 0.3) is 10.8 Å². The second-order valence-corrected chi connectivity index (χ2v) is 4.50. The van der Waals surface area contributed by atoms with Gasteiger partial charge in [-0.3, -0.25) is 0 Å². The summed E-state index contributed by atoms with van der Waals surface area (Å²) in [5.74, 6) is 0. The average molecular weight is 226 g/mol. The third-order valence-electron chi connectivity index (χ3n) is 3.59. The van der Waals surface area contributed by atoms with Gasteiger partial charge in [0, 0.05) is 19.2 Å². The van der Waals surface area contributed by atoms with E-state index >= 15 is 0 Å². The average Bonchev–Trinajstić information content (AvgIpc) is 2.88. The Hall–Kier alpha value is -1.38. The van der Waals surface area contributed by atoms with Crippen molar-refractivity contribution in [1.29, 1.82) is 0 Å². The Bertz CT molecular complexity index is 524.